The van der Waals surface area contributed by atoms with E-state index in [1.807, 2.05) is 0 Å². The largest absolute Gasteiger partial charge is 0.336 e. The zero-order chi connectivity index (χ0) is 7.40. The molecule has 0 aromatic rings. The van der Waals surface area contributed by atoms with Crippen molar-refractivity contribution >= 4 is 10.5 Å². The van der Waals surface area contributed by atoms with Gasteiger partial charge >= 0.3 is 0 Å². The molecular weight excluding hydrogens is 148 g/mol. The zero-order valence-corrected chi connectivity index (χ0v) is 7.34. The summed E-state index contributed by atoms with van der Waals surface area (Å²) in [6.07, 6.45) is 0. The van der Waals surface area contributed by atoms with E-state index in [-0.39, 0.29) is 10.5 Å². The molecule has 60 valence electrons. The van der Waals surface area contributed by atoms with E-state index >= 15 is 0 Å². The van der Waals surface area contributed by atoms with Crippen molar-refractivity contribution in [2.45, 2.75) is 13.8 Å². The van der Waals surface area contributed by atoms with E-state index < -0.39 is 0 Å². The molecule has 0 aliphatic carbocycles. The van der Waals surface area contributed by atoms with Gasteiger partial charge in [-0.3, -0.25) is 0 Å². The van der Waals surface area contributed by atoms with Crippen LogP contribution in [-0.2, 0) is 15.2 Å². The van der Waals surface area contributed by atoms with Crippen LogP contribution < -0.4 is 0 Å². The lowest BCUT2D eigenvalue weighted by molar-refractivity contribution is 0.149. The second kappa shape index (κ2) is 3.93. The van der Waals surface area contributed by atoms with Crippen LogP contribution in [0.3, 0.4) is 0 Å². The molecule has 0 saturated heterocycles. The minimum Gasteiger partial charge on any atom is -0.336 e. The molecule has 10 heavy (non-hydrogen) atoms. The van der Waals surface area contributed by atoms with Gasteiger partial charge in [-0.25, -0.2) is 8.73 Å². The number of hydrogen-bond acceptors (Lipinski definition) is 3. The first kappa shape index (κ1) is 8.01. The molecule has 1 heterocycles. The van der Waals surface area contributed by atoms with E-state index in [9.17, 15) is 0 Å². The molecule has 0 amide bonds. The van der Waals surface area contributed by atoms with Crippen LogP contribution >= 0.6 is 0 Å². The van der Waals surface area contributed by atoms with E-state index in [4.69, 9.17) is 4.74 Å². The van der Waals surface area contributed by atoms with Crippen LogP contribution in [0.4, 0.5) is 0 Å². The van der Waals surface area contributed by atoms with Crippen LogP contribution in [0.5, 0.6) is 0 Å². The van der Waals surface area contributed by atoms with Gasteiger partial charge in [0.25, 0.3) is 0 Å². The molecule has 0 fully saturated rings. The van der Waals surface area contributed by atoms with E-state index in [1.54, 1.807) is 0 Å². The minimum atomic E-state index is -0.386. The van der Waals surface area contributed by atoms with Gasteiger partial charge in [0, 0.05) is 5.75 Å². The number of nitrogens with zero attached hydrogens (tertiary/aromatic N) is 2. The summed E-state index contributed by atoms with van der Waals surface area (Å²) in [7, 11) is -0.386. The molecule has 1 rings (SSSR count). The summed E-state index contributed by atoms with van der Waals surface area (Å²) in [6, 6.07) is 0. The fraction of sp³-hybridized carbons (Fsp3) is 1.00. The molecule has 0 aromatic heterocycles. The van der Waals surface area contributed by atoms with Gasteiger partial charge in [0.15, 0.2) is 0 Å². The Kier molecular flexibility index (Phi) is 3.15. The van der Waals surface area contributed by atoms with Crippen molar-refractivity contribution < 1.29 is 4.74 Å². The Morgan fingerprint density at radius 3 is 2.50 bits per heavy atom. The third-order valence-electron chi connectivity index (χ3n) is 1.15. The fourth-order valence-corrected chi connectivity index (χ4v) is 2.15. The molecule has 0 atom stereocenters. The molecule has 3 nitrogen and oxygen atoms in total. The topological polar surface area (TPSA) is 34.0 Å². The molecule has 0 radical (unpaired) electrons. The number of hydrogen-bond donors (Lipinski definition) is 1. The number of ether oxygens (including phenoxy) is 1. The molecular formula is C6H14N2OS. The van der Waals surface area contributed by atoms with Gasteiger partial charge in [-0.05, 0) is 5.92 Å². The first-order valence-corrected chi connectivity index (χ1v) is 4.92. The predicted molar refractivity (Wildman–Crippen MR) is 44.1 cm³/mol. The second-order valence-corrected chi connectivity index (χ2v) is 4.37. The standard InChI is InChI=1S/C6H14N2OS/c1-6(2)3-10-7-4-9-5-8-10/h6,10H,3-5H2,1-2H3. The molecule has 4 heteroatoms. The summed E-state index contributed by atoms with van der Waals surface area (Å²) >= 11 is 0. The predicted octanol–water partition coefficient (Wildman–Crippen LogP) is 1.31. The summed E-state index contributed by atoms with van der Waals surface area (Å²) < 4.78 is 13.5. The van der Waals surface area contributed by atoms with Gasteiger partial charge in [-0.1, -0.05) is 24.3 Å². The van der Waals surface area contributed by atoms with Crippen molar-refractivity contribution in [3.63, 3.8) is 0 Å². The van der Waals surface area contributed by atoms with E-state index in [1.165, 1.54) is 0 Å². The van der Waals surface area contributed by atoms with Crippen LogP contribution in [-0.4, -0.2) is 19.2 Å². The highest BCUT2D eigenvalue weighted by atomic mass is 32.2. The van der Waals surface area contributed by atoms with Crippen molar-refractivity contribution in [2.24, 2.45) is 14.6 Å². The lowest BCUT2D eigenvalue weighted by Crippen LogP contribution is -2.04. The molecule has 1 aliphatic heterocycles. The van der Waals surface area contributed by atoms with E-state index in [0.29, 0.717) is 19.4 Å². The first-order chi connectivity index (χ1) is 4.79. The van der Waals surface area contributed by atoms with Gasteiger partial charge in [0.1, 0.15) is 13.5 Å². The Hall–Kier alpha value is -0.0900. The SMILES string of the molecule is CC(C)C[SH]1=NCOCN=1. The van der Waals surface area contributed by atoms with E-state index in [2.05, 4.69) is 22.6 Å². The van der Waals surface area contributed by atoms with Gasteiger partial charge in [-0.15, -0.1) is 0 Å². The third-order valence-corrected chi connectivity index (χ3v) is 3.09. The maximum atomic E-state index is 4.96. The molecule has 1 aliphatic rings. The van der Waals surface area contributed by atoms with Crippen molar-refractivity contribution in [1.82, 2.24) is 0 Å². The van der Waals surface area contributed by atoms with Crippen LogP contribution in [0.15, 0.2) is 8.73 Å². The normalized spacial score (nSPS) is 20.3. The van der Waals surface area contributed by atoms with Crippen molar-refractivity contribution in [2.75, 3.05) is 19.2 Å². The molecule has 0 unspecified atom stereocenters. The summed E-state index contributed by atoms with van der Waals surface area (Å²) in [5, 5.41) is 0. The molecule has 0 spiro atoms. The summed E-state index contributed by atoms with van der Waals surface area (Å²) in [6.45, 7) is 5.51. The average Bonchev–Trinajstić information content (AvgIpc) is 1.88. The monoisotopic (exact) mass is 162 g/mol. The maximum absolute atomic E-state index is 4.96. The Labute approximate surface area is 63.6 Å². The van der Waals surface area contributed by atoms with Crippen LogP contribution in [0.1, 0.15) is 13.8 Å². The average molecular weight is 162 g/mol. The number of thiol groups is 1. The van der Waals surface area contributed by atoms with Gasteiger partial charge in [0.2, 0.25) is 0 Å². The maximum Gasteiger partial charge on any atom is 0.147 e. The van der Waals surface area contributed by atoms with Crippen LogP contribution in [0.2, 0.25) is 0 Å². The van der Waals surface area contributed by atoms with Gasteiger partial charge in [-0.2, -0.15) is 0 Å². The Morgan fingerprint density at radius 1 is 1.40 bits per heavy atom. The Bertz CT molecular complexity index is 170. The lowest BCUT2D eigenvalue weighted by atomic mass is 10.3. The van der Waals surface area contributed by atoms with Crippen molar-refractivity contribution in [3.8, 4) is 0 Å². The van der Waals surface area contributed by atoms with Gasteiger partial charge < -0.3 is 4.74 Å². The molecule has 0 N–H and O–H groups in total. The molecule has 0 bridgehead atoms. The summed E-state index contributed by atoms with van der Waals surface area (Å²) in [5.41, 5.74) is 0. The summed E-state index contributed by atoms with van der Waals surface area (Å²) in [5.74, 6) is 1.83. The summed E-state index contributed by atoms with van der Waals surface area (Å²) in [4.78, 5) is 0. The quantitative estimate of drug-likeness (QED) is 0.610. The van der Waals surface area contributed by atoms with Crippen LogP contribution in [0, 0.1) is 5.92 Å². The molecule has 0 aromatic carbocycles. The zero-order valence-electron chi connectivity index (χ0n) is 6.45. The molecule has 0 saturated carbocycles. The van der Waals surface area contributed by atoms with Crippen molar-refractivity contribution in [3.05, 3.63) is 0 Å². The Balaban J connectivity index is 2.47. The smallest absolute Gasteiger partial charge is 0.147 e. The third kappa shape index (κ3) is 2.66. The highest BCUT2D eigenvalue weighted by molar-refractivity contribution is 7.77. The highest BCUT2D eigenvalue weighted by Gasteiger charge is 1.95. The first-order valence-electron chi connectivity index (χ1n) is 3.49. The fourth-order valence-electron chi connectivity index (χ4n) is 0.743. The van der Waals surface area contributed by atoms with Crippen LogP contribution in [0.25, 0.3) is 0 Å². The van der Waals surface area contributed by atoms with Gasteiger partial charge in [0.05, 0.1) is 0 Å². The Morgan fingerprint density at radius 2 is 2.00 bits per heavy atom. The minimum absolute atomic E-state index is 0.386. The lowest BCUT2D eigenvalue weighted by Gasteiger charge is -2.07. The van der Waals surface area contributed by atoms with E-state index in [0.717, 1.165) is 5.75 Å². The highest BCUT2D eigenvalue weighted by Crippen LogP contribution is 1.99. The van der Waals surface area contributed by atoms with Crippen molar-refractivity contribution in [1.29, 1.82) is 0 Å². The second-order valence-electron chi connectivity index (χ2n) is 2.69. The number of rotatable bonds is 2.